The third-order valence-electron chi connectivity index (χ3n) is 5.11. The Bertz CT molecular complexity index is 1330. The Hall–Kier alpha value is -3.49. The van der Waals surface area contributed by atoms with Gasteiger partial charge in [0.05, 0.1) is 43.4 Å². The van der Waals surface area contributed by atoms with Gasteiger partial charge in [0.2, 0.25) is 0 Å². The van der Waals surface area contributed by atoms with E-state index in [9.17, 15) is 4.79 Å². The molecule has 4 aromatic rings. The minimum Gasteiger partial charge on any atom is -0.497 e. The maximum absolute atomic E-state index is 13.1. The van der Waals surface area contributed by atoms with Crippen LogP contribution in [0.2, 0.25) is 5.02 Å². The van der Waals surface area contributed by atoms with Crippen molar-refractivity contribution in [3.8, 4) is 34.3 Å². The summed E-state index contributed by atoms with van der Waals surface area (Å²) in [5.41, 5.74) is 1.89. The van der Waals surface area contributed by atoms with Crippen LogP contribution in [0.5, 0.6) is 17.2 Å². The molecule has 0 fully saturated rings. The zero-order chi connectivity index (χ0) is 24.1. The molecule has 0 aliphatic carbocycles. The van der Waals surface area contributed by atoms with Gasteiger partial charge in [0, 0.05) is 5.56 Å². The molecule has 0 radical (unpaired) electrons. The topological polar surface area (TPSA) is 75.5 Å². The Labute approximate surface area is 206 Å². The van der Waals surface area contributed by atoms with Crippen LogP contribution in [0.15, 0.2) is 71.9 Å². The van der Waals surface area contributed by atoms with Crippen LogP contribution in [0.4, 0.5) is 0 Å². The van der Waals surface area contributed by atoms with E-state index in [-0.39, 0.29) is 11.5 Å². The second-order valence-electron chi connectivity index (χ2n) is 7.07. The SMILES string of the molecule is COc1ccc(OC)c(C(=O)CSc2nnc(-c3ccccc3Cl)n2-c2ccccc2OC)c1. The van der Waals surface area contributed by atoms with Gasteiger partial charge in [-0.05, 0) is 42.5 Å². The molecule has 0 amide bonds. The molecule has 0 N–H and O–H groups in total. The molecule has 0 spiro atoms. The van der Waals surface area contributed by atoms with E-state index in [2.05, 4.69) is 10.2 Å². The van der Waals surface area contributed by atoms with Gasteiger partial charge in [-0.3, -0.25) is 9.36 Å². The lowest BCUT2D eigenvalue weighted by Gasteiger charge is -2.14. The molecule has 0 aliphatic rings. The lowest BCUT2D eigenvalue weighted by Crippen LogP contribution is -2.07. The molecule has 0 atom stereocenters. The van der Waals surface area contributed by atoms with Crippen LogP contribution in [-0.2, 0) is 0 Å². The fraction of sp³-hybridized carbons (Fsp3) is 0.160. The molecular weight excluding hydrogens is 474 g/mol. The van der Waals surface area contributed by atoms with E-state index in [0.29, 0.717) is 38.8 Å². The lowest BCUT2D eigenvalue weighted by atomic mass is 10.1. The highest BCUT2D eigenvalue weighted by Crippen LogP contribution is 2.35. The van der Waals surface area contributed by atoms with E-state index in [4.69, 9.17) is 25.8 Å². The third-order valence-corrected chi connectivity index (χ3v) is 6.37. The van der Waals surface area contributed by atoms with Gasteiger partial charge in [0.25, 0.3) is 0 Å². The van der Waals surface area contributed by atoms with E-state index in [1.807, 2.05) is 47.0 Å². The van der Waals surface area contributed by atoms with Crippen molar-refractivity contribution < 1.29 is 19.0 Å². The monoisotopic (exact) mass is 495 g/mol. The lowest BCUT2D eigenvalue weighted by molar-refractivity contribution is 0.101. The van der Waals surface area contributed by atoms with Crippen molar-refractivity contribution in [2.45, 2.75) is 5.16 Å². The van der Waals surface area contributed by atoms with Crippen molar-refractivity contribution >= 4 is 29.1 Å². The second-order valence-corrected chi connectivity index (χ2v) is 8.42. The molecule has 174 valence electrons. The smallest absolute Gasteiger partial charge is 0.196 e. The molecule has 4 rings (SSSR count). The zero-order valence-corrected chi connectivity index (χ0v) is 20.4. The molecule has 9 heteroatoms. The Morgan fingerprint density at radius 3 is 2.38 bits per heavy atom. The van der Waals surface area contributed by atoms with Crippen molar-refractivity contribution in [3.63, 3.8) is 0 Å². The standard InChI is InChI=1S/C25H22ClN3O4S/c1-31-16-12-13-22(32-2)18(14-16)21(30)15-34-25-28-27-24(17-8-4-5-9-19(17)26)29(25)20-10-6-7-11-23(20)33-3/h4-14H,15H2,1-3H3. The number of aromatic nitrogens is 3. The highest BCUT2D eigenvalue weighted by molar-refractivity contribution is 7.99. The van der Waals surface area contributed by atoms with Crippen LogP contribution in [0.3, 0.4) is 0 Å². The first-order valence-corrected chi connectivity index (χ1v) is 11.7. The number of carbonyl (C=O) groups is 1. The summed E-state index contributed by atoms with van der Waals surface area (Å²) in [5.74, 6) is 2.22. The van der Waals surface area contributed by atoms with Gasteiger partial charge in [-0.1, -0.05) is 47.6 Å². The number of ketones is 1. The quantitative estimate of drug-likeness (QED) is 0.221. The molecular formula is C25H22ClN3O4S. The van der Waals surface area contributed by atoms with Crippen molar-refractivity contribution in [1.82, 2.24) is 14.8 Å². The summed E-state index contributed by atoms with van der Waals surface area (Å²) in [6.45, 7) is 0. The maximum Gasteiger partial charge on any atom is 0.196 e. The molecule has 0 bridgehead atoms. The van der Waals surface area contributed by atoms with Crippen molar-refractivity contribution in [2.75, 3.05) is 27.1 Å². The van der Waals surface area contributed by atoms with Gasteiger partial charge in [-0.15, -0.1) is 10.2 Å². The molecule has 3 aromatic carbocycles. The van der Waals surface area contributed by atoms with Crippen LogP contribution in [0.25, 0.3) is 17.1 Å². The average molecular weight is 496 g/mol. The Morgan fingerprint density at radius 1 is 0.912 bits per heavy atom. The zero-order valence-electron chi connectivity index (χ0n) is 18.8. The Kier molecular flexibility index (Phi) is 7.40. The Morgan fingerprint density at radius 2 is 1.65 bits per heavy atom. The summed E-state index contributed by atoms with van der Waals surface area (Å²) in [7, 11) is 4.68. The van der Waals surface area contributed by atoms with E-state index in [1.54, 1.807) is 38.5 Å². The van der Waals surface area contributed by atoms with Crippen LogP contribution in [0, 0.1) is 0 Å². The summed E-state index contributed by atoms with van der Waals surface area (Å²) < 4.78 is 18.1. The summed E-state index contributed by atoms with van der Waals surface area (Å²) in [4.78, 5) is 13.1. The van der Waals surface area contributed by atoms with Gasteiger partial charge < -0.3 is 14.2 Å². The number of ether oxygens (including phenoxy) is 3. The first-order valence-electron chi connectivity index (χ1n) is 10.3. The summed E-state index contributed by atoms with van der Waals surface area (Å²) in [5, 5.41) is 9.85. The van der Waals surface area contributed by atoms with Crippen molar-refractivity contribution in [1.29, 1.82) is 0 Å². The number of rotatable bonds is 9. The average Bonchev–Trinajstić information content (AvgIpc) is 3.30. The van der Waals surface area contributed by atoms with Crippen molar-refractivity contribution in [3.05, 3.63) is 77.3 Å². The van der Waals surface area contributed by atoms with Crippen molar-refractivity contribution in [2.24, 2.45) is 0 Å². The van der Waals surface area contributed by atoms with E-state index < -0.39 is 0 Å². The van der Waals surface area contributed by atoms with Gasteiger partial charge in [-0.2, -0.15) is 0 Å². The fourth-order valence-electron chi connectivity index (χ4n) is 3.45. The predicted octanol–water partition coefficient (Wildman–Crippen LogP) is 5.59. The third kappa shape index (κ3) is 4.73. The number of carbonyl (C=O) groups excluding carboxylic acids is 1. The summed E-state index contributed by atoms with van der Waals surface area (Å²) >= 11 is 7.73. The minimum atomic E-state index is -0.130. The summed E-state index contributed by atoms with van der Waals surface area (Å²) in [6, 6.07) is 20.1. The van der Waals surface area contributed by atoms with E-state index in [0.717, 1.165) is 11.3 Å². The molecule has 0 saturated carbocycles. The van der Waals surface area contributed by atoms with Crippen LogP contribution >= 0.6 is 23.4 Å². The molecule has 34 heavy (non-hydrogen) atoms. The molecule has 0 saturated heterocycles. The first-order chi connectivity index (χ1) is 16.6. The highest BCUT2D eigenvalue weighted by atomic mass is 35.5. The molecule has 1 aromatic heterocycles. The fourth-order valence-corrected chi connectivity index (χ4v) is 4.50. The number of benzene rings is 3. The first kappa shape index (κ1) is 23.7. The number of thioether (sulfide) groups is 1. The van der Waals surface area contributed by atoms with Gasteiger partial charge >= 0.3 is 0 Å². The van der Waals surface area contributed by atoms with Gasteiger partial charge in [-0.25, -0.2) is 0 Å². The second kappa shape index (κ2) is 10.6. The number of nitrogens with zero attached hydrogens (tertiary/aromatic N) is 3. The van der Waals surface area contributed by atoms with E-state index in [1.165, 1.54) is 18.9 Å². The number of hydrogen-bond acceptors (Lipinski definition) is 7. The summed E-state index contributed by atoms with van der Waals surface area (Å²) in [6.07, 6.45) is 0. The maximum atomic E-state index is 13.1. The van der Waals surface area contributed by atoms with Gasteiger partial charge in [0.15, 0.2) is 16.8 Å². The molecule has 1 heterocycles. The number of halogens is 1. The van der Waals surface area contributed by atoms with Crippen LogP contribution in [-0.4, -0.2) is 47.6 Å². The minimum absolute atomic E-state index is 0.110. The van der Waals surface area contributed by atoms with Crippen LogP contribution in [0.1, 0.15) is 10.4 Å². The predicted molar refractivity (Wildman–Crippen MR) is 133 cm³/mol. The number of para-hydroxylation sites is 2. The number of methoxy groups -OCH3 is 3. The number of hydrogen-bond donors (Lipinski definition) is 0. The van der Waals surface area contributed by atoms with E-state index >= 15 is 0 Å². The number of Topliss-reactive ketones (excluding diaryl/α,β-unsaturated/α-hetero) is 1. The highest BCUT2D eigenvalue weighted by Gasteiger charge is 2.22. The largest absolute Gasteiger partial charge is 0.497 e. The molecule has 0 aliphatic heterocycles. The van der Waals surface area contributed by atoms with Gasteiger partial charge in [0.1, 0.15) is 17.2 Å². The van der Waals surface area contributed by atoms with Crippen LogP contribution < -0.4 is 14.2 Å². The molecule has 7 nitrogen and oxygen atoms in total. The normalized spacial score (nSPS) is 10.7. The molecule has 0 unspecified atom stereocenters. The Balaban J connectivity index is 1.73.